The molecule has 4 heteroatoms. The molecule has 1 heterocycles. The fraction of sp³-hybridized carbons (Fsp3) is 0.111. The van der Waals surface area contributed by atoms with Gasteiger partial charge in [0.25, 0.3) is 0 Å². The first-order valence-corrected chi connectivity index (χ1v) is 7.26. The van der Waals surface area contributed by atoms with Crippen molar-refractivity contribution in [2.75, 3.05) is 17.2 Å². The SMILES string of the molecule is C=CCNc1nc(NCc2ccccc2)c2ccccc2n1. The quantitative estimate of drug-likeness (QED) is 0.677. The molecule has 3 rings (SSSR count). The topological polar surface area (TPSA) is 49.8 Å². The monoisotopic (exact) mass is 290 g/mol. The predicted octanol–water partition coefficient (Wildman–Crippen LogP) is 3.84. The minimum atomic E-state index is 0.606. The van der Waals surface area contributed by atoms with Crippen LogP contribution in [0.5, 0.6) is 0 Å². The van der Waals surface area contributed by atoms with Crippen molar-refractivity contribution in [3.05, 3.63) is 72.8 Å². The van der Waals surface area contributed by atoms with Crippen LogP contribution in [-0.2, 0) is 6.54 Å². The molecule has 2 N–H and O–H groups in total. The zero-order valence-electron chi connectivity index (χ0n) is 12.3. The summed E-state index contributed by atoms with van der Waals surface area (Å²) in [4.78, 5) is 9.09. The molecule has 0 saturated carbocycles. The number of nitrogens with zero attached hydrogens (tertiary/aromatic N) is 2. The van der Waals surface area contributed by atoms with E-state index in [-0.39, 0.29) is 0 Å². The molecule has 0 unspecified atom stereocenters. The number of anilines is 2. The molecule has 4 nitrogen and oxygen atoms in total. The molecular formula is C18H18N4. The summed E-state index contributed by atoms with van der Waals surface area (Å²) in [5.74, 6) is 1.44. The lowest BCUT2D eigenvalue weighted by Crippen LogP contribution is -2.07. The van der Waals surface area contributed by atoms with Crippen LogP contribution in [0.4, 0.5) is 11.8 Å². The van der Waals surface area contributed by atoms with Crippen LogP contribution in [0, 0.1) is 0 Å². The van der Waals surface area contributed by atoms with E-state index in [0.717, 1.165) is 23.3 Å². The maximum Gasteiger partial charge on any atom is 0.225 e. The second-order valence-corrected chi connectivity index (χ2v) is 4.92. The molecule has 0 aliphatic heterocycles. The van der Waals surface area contributed by atoms with Gasteiger partial charge in [0.05, 0.1) is 5.52 Å². The Morgan fingerprint density at radius 3 is 2.50 bits per heavy atom. The Kier molecular flexibility index (Phi) is 4.30. The Bertz CT molecular complexity index is 768. The van der Waals surface area contributed by atoms with Crippen molar-refractivity contribution in [2.24, 2.45) is 0 Å². The van der Waals surface area contributed by atoms with E-state index >= 15 is 0 Å². The summed E-state index contributed by atoms with van der Waals surface area (Å²) < 4.78 is 0. The first-order valence-electron chi connectivity index (χ1n) is 7.26. The summed E-state index contributed by atoms with van der Waals surface area (Å²) in [6.45, 7) is 5.06. The van der Waals surface area contributed by atoms with Crippen molar-refractivity contribution < 1.29 is 0 Å². The second kappa shape index (κ2) is 6.72. The summed E-state index contributed by atoms with van der Waals surface area (Å²) >= 11 is 0. The van der Waals surface area contributed by atoms with E-state index < -0.39 is 0 Å². The average Bonchev–Trinajstić information content (AvgIpc) is 2.58. The van der Waals surface area contributed by atoms with E-state index in [1.165, 1.54) is 5.56 Å². The molecule has 2 aromatic carbocycles. The highest BCUT2D eigenvalue weighted by atomic mass is 15.1. The first kappa shape index (κ1) is 14.1. The summed E-state index contributed by atoms with van der Waals surface area (Å²) in [6.07, 6.45) is 1.79. The van der Waals surface area contributed by atoms with E-state index in [9.17, 15) is 0 Å². The van der Waals surface area contributed by atoms with E-state index in [1.54, 1.807) is 6.08 Å². The fourth-order valence-corrected chi connectivity index (χ4v) is 2.24. The van der Waals surface area contributed by atoms with Crippen LogP contribution >= 0.6 is 0 Å². The van der Waals surface area contributed by atoms with Gasteiger partial charge in [-0.15, -0.1) is 6.58 Å². The normalized spacial score (nSPS) is 10.4. The molecule has 0 spiro atoms. The van der Waals surface area contributed by atoms with Gasteiger partial charge in [0.2, 0.25) is 5.95 Å². The van der Waals surface area contributed by atoms with E-state index in [1.807, 2.05) is 42.5 Å². The Hall–Kier alpha value is -2.88. The molecule has 0 aliphatic rings. The Labute approximate surface area is 129 Å². The lowest BCUT2D eigenvalue weighted by Gasteiger charge is -2.11. The molecule has 0 saturated heterocycles. The third kappa shape index (κ3) is 3.23. The van der Waals surface area contributed by atoms with E-state index in [2.05, 4.69) is 39.3 Å². The molecule has 3 aromatic rings. The van der Waals surface area contributed by atoms with Crippen molar-refractivity contribution in [1.29, 1.82) is 0 Å². The van der Waals surface area contributed by atoms with Gasteiger partial charge in [-0.2, -0.15) is 4.98 Å². The van der Waals surface area contributed by atoms with E-state index in [4.69, 9.17) is 0 Å². The molecule has 0 aliphatic carbocycles. The van der Waals surface area contributed by atoms with Crippen molar-refractivity contribution >= 4 is 22.7 Å². The van der Waals surface area contributed by atoms with Crippen LogP contribution < -0.4 is 10.6 Å². The summed E-state index contributed by atoms with van der Waals surface area (Å²) in [6, 6.07) is 18.3. The van der Waals surface area contributed by atoms with Crippen LogP contribution in [0.3, 0.4) is 0 Å². The number of fused-ring (bicyclic) bond motifs is 1. The highest BCUT2D eigenvalue weighted by molar-refractivity contribution is 5.90. The van der Waals surface area contributed by atoms with Crippen LogP contribution in [0.25, 0.3) is 10.9 Å². The second-order valence-electron chi connectivity index (χ2n) is 4.92. The van der Waals surface area contributed by atoms with Crippen LogP contribution in [0.1, 0.15) is 5.56 Å². The van der Waals surface area contributed by atoms with Gasteiger partial charge in [0.15, 0.2) is 0 Å². The smallest absolute Gasteiger partial charge is 0.225 e. The third-order valence-corrected chi connectivity index (χ3v) is 3.31. The van der Waals surface area contributed by atoms with Gasteiger partial charge in [-0.1, -0.05) is 48.5 Å². The van der Waals surface area contributed by atoms with E-state index in [0.29, 0.717) is 12.5 Å². The molecule has 0 amide bonds. The van der Waals surface area contributed by atoms with Gasteiger partial charge in [0.1, 0.15) is 5.82 Å². The van der Waals surface area contributed by atoms with Crippen LogP contribution in [0.2, 0.25) is 0 Å². The first-order chi connectivity index (χ1) is 10.9. The Morgan fingerprint density at radius 1 is 0.909 bits per heavy atom. The largest absolute Gasteiger partial charge is 0.365 e. The maximum absolute atomic E-state index is 4.57. The van der Waals surface area contributed by atoms with Crippen molar-refractivity contribution in [3.63, 3.8) is 0 Å². The number of aromatic nitrogens is 2. The molecule has 0 fully saturated rings. The highest BCUT2D eigenvalue weighted by Gasteiger charge is 2.06. The highest BCUT2D eigenvalue weighted by Crippen LogP contribution is 2.22. The zero-order valence-corrected chi connectivity index (χ0v) is 12.3. The predicted molar refractivity (Wildman–Crippen MR) is 92.0 cm³/mol. The minimum absolute atomic E-state index is 0.606. The summed E-state index contributed by atoms with van der Waals surface area (Å²) in [7, 11) is 0. The molecule has 0 bridgehead atoms. The Balaban J connectivity index is 1.90. The van der Waals surface area contributed by atoms with Crippen LogP contribution in [-0.4, -0.2) is 16.5 Å². The van der Waals surface area contributed by atoms with Gasteiger partial charge in [0, 0.05) is 18.5 Å². The van der Waals surface area contributed by atoms with Gasteiger partial charge >= 0.3 is 0 Å². The lowest BCUT2D eigenvalue weighted by molar-refractivity contribution is 1.09. The number of nitrogens with one attached hydrogen (secondary N) is 2. The number of hydrogen-bond donors (Lipinski definition) is 2. The average molecular weight is 290 g/mol. The van der Waals surface area contributed by atoms with Gasteiger partial charge < -0.3 is 10.6 Å². The Morgan fingerprint density at radius 2 is 1.68 bits per heavy atom. The van der Waals surface area contributed by atoms with Gasteiger partial charge in [-0.25, -0.2) is 4.98 Å². The molecule has 0 atom stereocenters. The van der Waals surface area contributed by atoms with Crippen LogP contribution in [0.15, 0.2) is 67.3 Å². The van der Waals surface area contributed by atoms with Gasteiger partial charge in [-0.05, 0) is 17.7 Å². The molecule has 22 heavy (non-hydrogen) atoms. The maximum atomic E-state index is 4.57. The zero-order chi connectivity index (χ0) is 15.2. The standard InChI is InChI=1S/C18H18N4/c1-2-12-19-18-21-16-11-7-6-10-15(16)17(22-18)20-13-14-8-4-3-5-9-14/h2-11H,1,12-13H2,(H2,19,20,21,22). The fourth-order valence-electron chi connectivity index (χ4n) is 2.24. The minimum Gasteiger partial charge on any atom is -0.365 e. The third-order valence-electron chi connectivity index (χ3n) is 3.31. The van der Waals surface area contributed by atoms with Crippen molar-refractivity contribution in [1.82, 2.24) is 9.97 Å². The molecule has 110 valence electrons. The number of benzene rings is 2. The number of hydrogen-bond acceptors (Lipinski definition) is 4. The van der Waals surface area contributed by atoms with Crippen molar-refractivity contribution in [3.8, 4) is 0 Å². The molecule has 0 radical (unpaired) electrons. The van der Waals surface area contributed by atoms with Crippen molar-refractivity contribution in [2.45, 2.75) is 6.54 Å². The van der Waals surface area contributed by atoms with Gasteiger partial charge in [-0.3, -0.25) is 0 Å². The summed E-state index contributed by atoms with van der Waals surface area (Å²) in [5, 5.41) is 7.56. The lowest BCUT2D eigenvalue weighted by atomic mass is 10.2. The molecule has 1 aromatic heterocycles. The summed E-state index contributed by atoms with van der Waals surface area (Å²) in [5.41, 5.74) is 2.13. The number of rotatable bonds is 6. The molecular weight excluding hydrogens is 272 g/mol. The number of para-hydroxylation sites is 1.